The second kappa shape index (κ2) is 7.22. The molecule has 1 heterocycles. The zero-order valence-electron chi connectivity index (χ0n) is 12.6. The van der Waals surface area contributed by atoms with Gasteiger partial charge in [0.15, 0.2) is 0 Å². The highest BCUT2D eigenvalue weighted by Gasteiger charge is 2.12. The highest BCUT2D eigenvalue weighted by molar-refractivity contribution is 7.97. The number of anilines is 1. The highest BCUT2D eigenvalue weighted by Crippen LogP contribution is 2.19. The summed E-state index contributed by atoms with van der Waals surface area (Å²) >= 11 is 1.73. The van der Waals surface area contributed by atoms with E-state index in [9.17, 15) is 4.79 Å². The van der Waals surface area contributed by atoms with Crippen molar-refractivity contribution < 1.29 is 9.21 Å². The van der Waals surface area contributed by atoms with E-state index in [1.165, 1.54) is 0 Å². The predicted octanol–water partition coefficient (Wildman–Crippen LogP) is 3.46. The van der Waals surface area contributed by atoms with Crippen LogP contribution < -0.4 is 5.32 Å². The number of carbonyl (C=O) groups excluding carboxylic acids is 1. The summed E-state index contributed by atoms with van der Waals surface area (Å²) in [5.74, 6) is 2.69. The molecule has 0 bridgehead atoms. The quantitative estimate of drug-likeness (QED) is 0.888. The van der Waals surface area contributed by atoms with Crippen molar-refractivity contribution >= 4 is 23.4 Å². The molecule has 0 saturated heterocycles. The maximum absolute atomic E-state index is 12.1. The van der Waals surface area contributed by atoms with Crippen molar-refractivity contribution in [3.05, 3.63) is 53.5 Å². The normalized spacial score (nSPS) is 10.4. The maximum atomic E-state index is 12.1. The molecule has 1 aromatic carbocycles. The van der Waals surface area contributed by atoms with Crippen LogP contribution in [0.5, 0.6) is 0 Å². The topological polar surface area (TPSA) is 45.5 Å². The molecule has 0 unspecified atom stereocenters. The van der Waals surface area contributed by atoms with Gasteiger partial charge in [-0.3, -0.25) is 4.79 Å². The van der Waals surface area contributed by atoms with E-state index in [0.717, 1.165) is 23.0 Å². The Morgan fingerprint density at radius 2 is 1.90 bits per heavy atom. The van der Waals surface area contributed by atoms with E-state index in [0.29, 0.717) is 12.1 Å². The van der Waals surface area contributed by atoms with Gasteiger partial charge in [0.25, 0.3) is 5.91 Å². The van der Waals surface area contributed by atoms with E-state index in [-0.39, 0.29) is 5.91 Å². The lowest BCUT2D eigenvalue weighted by Gasteiger charge is -2.14. The first-order chi connectivity index (χ1) is 10.1. The minimum Gasteiger partial charge on any atom is -0.463 e. The number of benzene rings is 1. The van der Waals surface area contributed by atoms with Gasteiger partial charge in [-0.2, -0.15) is 11.8 Å². The van der Waals surface area contributed by atoms with Crippen LogP contribution in [0.2, 0.25) is 0 Å². The zero-order valence-corrected chi connectivity index (χ0v) is 13.4. The predicted molar refractivity (Wildman–Crippen MR) is 87.7 cm³/mol. The highest BCUT2D eigenvalue weighted by atomic mass is 32.2. The number of hydrogen-bond donors (Lipinski definition) is 1. The smallest absolute Gasteiger partial charge is 0.255 e. The van der Waals surface area contributed by atoms with Crippen LogP contribution >= 0.6 is 11.8 Å². The van der Waals surface area contributed by atoms with Gasteiger partial charge in [-0.25, -0.2) is 0 Å². The van der Waals surface area contributed by atoms with E-state index in [1.807, 2.05) is 42.7 Å². The molecule has 21 heavy (non-hydrogen) atoms. The van der Waals surface area contributed by atoms with Gasteiger partial charge in [-0.15, -0.1) is 0 Å². The third kappa shape index (κ3) is 4.04. The summed E-state index contributed by atoms with van der Waals surface area (Å²) < 4.78 is 5.71. The van der Waals surface area contributed by atoms with Gasteiger partial charge in [0.05, 0.1) is 17.9 Å². The van der Waals surface area contributed by atoms with Crippen LogP contribution in [0.25, 0.3) is 0 Å². The number of thioether (sulfide) groups is 1. The zero-order chi connectivity index (χ0) is 15.2. The fourth-order valence-corrected chi connectivity index (χ4v) is 2.42. The first-order valence-corrected chi connectivity index (χ1v) is 8.12. The van der Waals surface area contributed by atoms with Gasteiger partial charge >= 0.3 is 0 Å². The summed E-state index contributed by atoms with van der Waals surface area (Å²) in [5, 5.41) is 3.27. The molecule has 112 valence electrons. The lowest BCUT2D eigenvalue weighted by Crippen LogP contribution is -2.22. The molecule has 4 nitrogen and oxygen atoms in total. The molecule has 0 spiro atoms. The van der Waals surface area contributed by atoms with Crippen LogP contribution in [0.3, 0.4) is 0 Å². The number of nitrogens with one attached hydrogen (secondary N) is 1. The van der Waals surface area contributed by atoms with Crippen molar-refractivity contribution in [3.8, 4) is 0 Å². The monoisotopic (exact) mass is 304 g/mol. The SMILES string of the molecule is CSCc1ccc(CNc2ccccc2C(=O)N(C)C)o1. The molecule has 0 aliphatic heterocycles. The summed E-state index contributed by atoms with van der Waals surface area (Å²) in [6.07, 6.45) is 2.05. The van der Waals surface area contributed by atoms with Crippen LogP contribution in [-0.4, -0.2) is 31.2 Å². The summed E-state index contributed by atoms with van der Waals surface area (Å²) in [7, 11) is 3.50. The first kappa shape index (κ1) is 15.5. The molecule has 5 heteroatoms. The van der Waals surface area contributed by atoms with E-state index in [2.05, 4.69) is 5.32 Å². The molecule has 2 rings (SSSR count). The van der Waals surface area contributed by atoms with Gasteiger partial charge in [0.1, 0.15) is 11.5 Å². The average Bonchev–Trinajstić information content (AvgIpc) is 2.92. The summed E-state index contributed by atoms with van der Waals surface area (Å²) in [5.41, 5.74) is 1.48. The molecule has 0 fully saturated rings. The Morgan fingerprint density at radius 1 is 1.19 bits per heavy atom. The molecule has 1 aromatic heterocycles. The van der Waals surface area contributed by atoms with Gasteiger partial charge in [0.2, 0.25) is 0 Å². The van der Waals surface area contributed by atoms with Crippen LogP contribution in [-0.2, 0) is 12.3 Å². The molecule has 1 N–H and O–H groups in total. The number of para-hydroxylation sites is 1. The van der Waals surface area contributed by atoms with Crippen molar-refractivity contribution in [1.29, 1.82) is 0 Å². The summed E-state index contributed by atoms with van der Waals surface area (Å²) in [4.78, 5) is 13.7. The first-order valence-electron chi connectivity index (χ1n) is 6.73. The van der Waals surface area contributed by atoms with E-state index in [4.69, 9.17) is 4.42 Å². The number of nitrogens with zero attached hydrogens (tertiary/aromatic N) is 1. The largest absolute Gasteiger partial charge is 0.463 e. The standard InChI is InChI=1S/C16H20N2O2S/c1-18(2)16(19)14-6-4-5-7-15(14)17-10-12-8-9-13(20-12)11-21-3/h4-9,17H,10-11H2,1-3H3. The van der Waals surface area contributed by atoms with Crippen molar-refractivity contribution in [2.24, 2.45) is 0 Å². The Hall–Kier alpha value is -1.88. The van der Waals surface area contributed by atoms with Crippen molar-refractivity contribution in [2.45, 2.75) is 12.3 Å². The fourth-order valence-electron chi connectivity index (χ4n) is 1.98. The van der Waals surface area contributed by atoms with Crippen molar-refractivity contribution in [1.82, 2.24) is 4.90 Å². The third-order valence-electron chi connectivity index (χ3n) is 3.02. The Kier molecular flexibility index (Phi) is 5.33. The summed E-state index contributed by atoms with van der Waals surface area (Å²) in [6.45, 7) is 0.562. The molecule has 0 radical (unpaired) electrons. The number of furan rings is 1. The molecule has 1 amide bonds. The lowest BCUT2D eigenvalue weighted by molar-refractivity contribution is 0.0828. The lowest BCUT2D eigenvalue weighted by atomic mass is 10.1. The van der Waals surface area contributed by atoms with E-state index in [1.54, 1.807) is 30.8 Å². The Balaban J connectivity index is 2.07. The summed E-state index contributed by atoms with van der Waals surface area (Å²) in [6, 6.07) is 11.5. The minimum atomic E-state index is -0.0133. The fraction of sp³-hybridized carbons (Fsp3) is 0.312. The van der Waals surface area contributed by atoms with Crippen LogP contribution in [0, 0.1) is 0 Å². The van der Waals surface area contributed by atoms with Gasteiger partial charge in [0, 0.05) is 19.8 Å². The molecule has 0 aliphatic rings. The Morgan fingerprint density at radius 3 is 2.62 bits per heavy atom. The second-order valence-electron chi connectivity index (χ2n) is 4.90. The molecule has 2 aromatic rings. The molecule has 0 aliphatic carbocycles. The second-order valence-corrected chi connectivity index (χ2v) is 5.77. The Bertz CT molecular complexity index is 608. The molecular weight excluding hydrogens is 284 g/mol. The Labute approximate surface area is 129 Å². The van der Waals surface area contributed by atoms with Crippen LogP contribution in [0.1, 0.15) is 21.9 Å². The van der Waals surface area contributed by atoms with Crippen LogP contribution in [0.15, 0.2) is 40.8 Å². The number of rotatable bonds is 6. The minimum absolute atomic E-state index is 0.0133. The van der Waals surface area contributed by atoms with Crippen LogP contribution in [0.4, 0.5) is 5.69 Å². The number of amides is 1. The molecular formula is C16H20N2O2S. The van der Waals surface area contributed by atoms with Gasteiger partial charge < -0.3 is 14.6 Å². The average molecular weight is 304 g/mol. The van der Waals surface area contributed by atoms with Crippen molar-refractivity contribution in [3.63, 3.8) is 0 Å². The van der Waals surface area contributed by atoms with Gasteiger partial charge in [-0.05, 0) is 30.5 Å². The maximum Gasteiger partial charge on any atom is 0.255 e. The third-order valence-corrected chi connectivity index (χ3v) is 3.59. The number of carbonyl (C=O) groups is 1. The molecule has 0 atom stereocenters. The van der Waals surface area contributed by atoms with Gasteiger partial charge in [-0.1, -0.05) is 12.1 Å². The molecule has 0 saturated carbocycles. The number of hydrogen-bond acceptors (Lipinski definition) is 4. The van der Waals surface area contributed by atoms with E-state index >= 15 is 0 Å². The van der Waals surface area contributed by atoms with Crippen molar-refractivity contribution in [2.75, 3.05) is 25.7 Å². The van der Waals surface area contributed by atoms with E-state index < -0.39 is 0 Å².